The summed E-state index contributed by atoms with van der Waals surface area (Å²) in [5, 5.41) is 19.5. The van der Waals surface area contributed by atoms with Gasteiger partial charge in [0.1, 0.15) is 11.9 Å². The van der Waals surface area contributed by atoms with Gasteiger partial charge in [-0.1, -0.05) is 0 Å². The SMILES string of the molecule is O=C(O)c1ccc(OCCCOc2cccnc2[N+](=O)[O-])cc1. The van der Waals surface area contributed by atoms with Gasteiger partial charge < -0.3 is 24.7 Å². The van der Waals surface area contributed by atoms with Crippen molar-refractivity contribution in [3.8, 4) is 11.5 Å². The summed E-state index contributed by atoms with van der Waals surface area (Å²) >= 11 is 0. The van der Waals surface area contributed by atoms with Crippen molar-refractivity contribution in [1.29, 1.82) is 0 Å². The predicted molar refractivity (Wildman–Crippen MR) is 79.9 cm³/mol. The highest BCUT2D eigenvalue weighted by Gasteiger charge is 2.15. The number of rotatable bonds is 8. The minimum atomic E-state index is -0.997. The number of aromatic carboxylic acids is 1. The zero-order chi connectivity index (χ0) is 16.7. The monoisotopic (exact) mass is 318 g/mol. The Hall–Kier alpha value is -3.16. The molecule has 0 atom stereocenters. The molecule has 0 aliphatic heterocycles. The van der Waals surface area contributed by atoms with Crippen molar-refractivity contribution in [1.82, 2.24) is 4.98 Å². The lowest BCUT2D eigenvalue weighted by molar-refractivity contribution is -0.390. The van der Waals surface area contributed by atoms with Crippen LogP contribution in [0, 0.1) is 10.1 Å². The maximum Gasteiger partial charge on any atom is 0.406 e. The summed E-state index contributed by atoms with van der Waals surface area (Å²) in [4.78, 5) is 24.5. The lowest BCUT2D eigenvalue weighted by atomic mass is 10.2. The molecule has 1 heterocycles. The molecule has 1 N–H and O–H groups in total. The Morgan fingerprint density at radius 2 is 1.87 bits per heavy atom. The van der Waals surface area contributed by atoms with Gasteiger partial charge in [-0.05, 0) is 46.3 Å². The molecule has 0 saturated carbocycles. The third-order valence-corrected chi connectivity index (χ3v) is 2.84. The third-order valence-electron chi connectivity index (χ3n) is 2.84. The van der Waals surface area contributed by atoms with Crippen LogP contribution in [0.15, 0.2) is 42.6 Å². The van der Waals surface area contributed by atoms with Crippen LogP contribution in [0.5, 0.6) is 11.5 Å². The van der Waals surface area contributed by atoms with Gasteiger partial charge in [0.15, 0.2) is 0 Å². The van der Waals surface area contributed by atoms with Gasteiger partial charge >= 0.3 is 11.8 Å². The van der Waals surface area contributed by atoms with Crippen LogP contribution in [-0.4, -0.2) is 34.2 Å². The fourth-order valence-corrected chi connectivity index (χ4v) is 1.76. The number of pyridine rings is 1. The van der Waals surface area contributed by atoms with E-state index in [9.17, 15) is 14.9 Å². The van der Waals surface area contributed by atoms with Crippen molar-refractivity contribution < 1.29 is 24.3 Å². The minimum absolute atomic E-state index is 0.114. The summed E-state index contributed by atoms with van der Waals surface area (Å²) < 4.78 is 10.8. The van der Waals surface area contributed by atoms with Gasteiger partial charge in [0, 0.05) is 6.42 Å². The van der Waals surface area contributed by atoms with Crippen LogP contribution in [-0.2, 0) is 0 Å². The number of hydrogen-bond acceptors (Lipinski definition) is 6. The second-order valence-electron chi connectivity index (χ2n) is 4.46. The Morgan fingerprint density at radius 1 is 1.17 bits per heavy atom. The van der Waals surface area contributed by atoms with Crippen molar-refractivity contribution in [2.75, 3.05) is 13.2 Å². The summed E-state index contributed by atoms with van der Waals surface area (Å²) in [6, 6.07) is 9.08. The molecule has 0 bridgehead atoms. The van der Waals surface area contributed by atoms with Crippen LogP contribution in [0.4, 0.5) is 5.82 Å². The molecule has 0 aliphatic carbocycles. The lowest BCUT2D eigenvalue weighted by Gasteiger charge is -2.08. The van der Waals surface area contributed by atoms with Gasteiger partial charge in [-0.15, -0.1) is 0 Å². The molecule has 8 heteroatoms. The molecule has 0 spiro atoms. The van der Waals surface area contributed by atoms with E-state index in [1.165, 1.54) is 24.4 Å². The van der Waals surface area contributed by atoms with Crippen LogP contribution < -0.4 is 9.47 Å². The molecular formula is C15H14N2O6. The molecule has 2 aromatic rings. The number of hydrogen-bond donors (Lipinski definition) is 1. The zero-order valence-electron chi connectivity index (χ0n) is 12.0. The van der Waals surface area contributed by atoms with Gasteiger partial charge in [-0.25, -0.2) is 4.79 Å². The van der Waals surface area contributed by atoms with E-state index >= 15 is 0 Å². The van der Waals surface area contributed by atoms with Crippen molar-refractivity contribution in [3.63, 3.8) is 0 Å². The fraction of sp³-hybridized carbons (Fsp3) is 0.200. The van der Waals surface area contributed by atoms with E-state index in [4.69, 9.17) is 14.6 Å². The maximum absolute atomic E-state index is 10.8. The average molecular weight is 318 g/mol. The molecule has 1 aromatic heterocycles. The van der Waals surface area contributed by atoms with Crippen LogP contribution in [0.3, 0.4) is 0 Å². The Balaban J connectivity index is 1.76. The largest absolute Gasteiger partial charge is 0.493 e. The lowest BCUT2D eigenvalue weighted by Crippen LogP contribution is -2.06. The van der Waals surface area contributed by atoms with Crippen molar-refractivity contribution in [3.05, 3.63) is 58.3 Å². The minimum Gasteiger partial charge on any atom is -0.493 e. The van der Waals surface area contributed by atoms with E-state index in [0.717, 1.165) is 0 Å². The first kappa shape index (κ1) is 16.2. The number of nitro groups is 1. The maximum atomic E-state index is 10.8. The van der Waals surface area contributed by atoms with E-state index in [1.54, 1.807) is 18.2 Å². The number of carboxylic acids is 1. The summed E-state index contributed by atoms with van der Waals surface area (Å²) in [5.41, 5.74) is 0.185. The first-order chi connectivity index (χ1) is 11.1. The molecule has 0 radical (unpaired) electrons. The van der Waals surface area contributed by atoms with Crippen LogP contribution in [0.2, 0.25) is 0 Å². The molecule has 0 unspecified atom stereocenters. The Labute approximate surface area is 131 Å². The molecule has 0 aliphatic rings. The Morgan fingerprint density at radius 3 is 2.52 bits per heavy atom. The summed E-state index contributed by atoms with van der Waals surface area (Å²) in [5.74, 6) is -0.661. The van der Waals surface area contributed by atoms with Gasteiger partial charge in [-0.2, -0.15) is 0 Å². The summed E-state index contributed by atoms with van der Waals surface area (Å²) in [7, 11) is 0. The van der Waals surface area contributed by atoms with Gasteiger partial charge in [0.05, 0.1) is 18.8 Å². The molecule has 2 rings (SSSR count). The van der Waals surface area contributed by atoms with Crippen LogP contribution >= 0.6 is 0 Å². The smallest absolute Gasteiger partial charge is 0.406 e. The highest BCUT2D eigenvalue weighted by Crippen LogP contribution is 2.22. The molecule has 120 valence electrons. The number of nitrogens with zero attached hydrogens (tertiary/aromatic N) is 2. The van der Waals surface area contributed by atoms with Gasteiger partial charge in [0.2, 0.25) is 5.75 Å². The molecule has 23 heavy (non-hydrogen) atoms. The van der Waals surface area contributed by atoms with Gasteiger partial charge in [-0.3, -0.25) is 0 Å². The second-order valence-corrected chi connectivity index (χ2v) is 4.46. The number of ether oxygens (including phenoxy) is 2. The normalized spacial score (nSPS) is 10.1. The number of aromatic nitrogens is 1. The van der Waals surface area contributed by atoms with E-state index in [2.05, 4.69) is 4.98 Å². The van der Waals surface area contributed by atoms with E-state index in [1.807, 2.05) is 0 Å². The first-order valence-corrected chi connectivity index (χ1v) is 6.76. The topological polar surface area (TPSA) is 112 Å². The Bertz CT molecular complexity index is 687. The van der Waals surface area contributed by atoms with E-state index in [-0.39, 0.29) is 23.7 Å². The molecule has 0 fully saturated rings. The molecular weight excluding hydrogens is 304 g/mol. The predicted octanol–water partition coefficient (Wildman–Crippen LogP) is 2.54. The van der Waals surface area contributed by atoms with Crippen molar-refractivity contribution in [2.24, 2.45) is 0 Å². The quantitative estimate of drug-likeness (QED) is 0.452. The molecule has 0 amide bonds. The number of benzene rings is 1. The highest BCUT2D eigenvalue weighted by atomic mass is 16.6. The van der Waals surface area contributed by atoms with Crippen LogP contribution in [0.1, 0.15) is 16.8 Å². The van der Waals surface area contributed by atoms with E-state index < -0.39 is 10.9 Å². The van der Waals surface area contributed by atoms with Gasteiger partial charge in [0.25, 0.3) is 0 Å². The highest BCUT2D eigenvalue weighted by molar-refractivity contribution is 5.87. The fourth-order valence-electron chi connectivity index (χ4n) is 1.76. The molecule has 8 nitrogen and oxygen atoms in total. The number of carbonyl (C=O) groups is 1. The standard InChI is InChI=1S/C15H14N2O6/c18-15(19)11-4-6-12(7-5-11)22-9-2-10-23-13-3-1-8-16-14(13)17(20)21/h1,3-8H,2,9-10H2,(H,18,19). The zero-order valence-corrected chi connectivity index (χ0v) is 12.0. The molecule has 1 aromatic carbocycles. The number of carboxylic acid groups (broad SMARTS) is 1. The molecule has 0 saturated heterocycles. The second kappa shape index (κ2) is 7.74. The van der Waals surface area contributed by atoms with E-state index in [0.29, 0.717) is 18.8 Å². The van der Waals surface area contributed by atoms with Crippen molar-refractivity contribution >= 4 is 11.8 Å². The van der Waals surface area contributed by atoms with Crippen molar-refractivity contribution in [2.45, 2.75) is 6.42 Å². The third kappa shape index (κ3) is 4.67. The summed E-state index contributed by atoms with van der Waals surface area (Å²) in [6.07, 6.45) is 1.83. The Kier molecular flexibility index (Phi) is 5.45. The summed E-state index contributed by atoms with van der Waals surface area (Å²) in [6.45, 7) is 0.570. The average Bonchev–Trinajstić information content (AvgIpc) is 2.55. The van der Waals surface area contributed by atoms with Crippen LogP contribution in [0.25, 0.3) is 0 Å². The first-order valence-electron chi connectivity index (χ1n) is 6.76.